The molecule has 2 nitrogen and oxygen atoms in total. The van der Waals surface area contributed by atoms with Gasteiger partial charge in [0.25, 0.3) is 0 Å². The van der Waals surface area contributed by atoms with E-state index in [-0.39, 0.29) is 13.5 Å². The lowest BCUT2D eigenvalue weighted by atomic mass is 9.97. The minimum atomic E-state index is -0.0231. The Morgan fingerprint density at radius 3 is 1.30 bits per heavy atom. The monoisotopic (exact) mass is 148 g/mol. The molecule has 0 aromatic rings. The van der Waals surface area contributed by atoms with E-state index in [0.717, 1.165) is 0 Å². The normalized spacial score (nSPS) is 10.8. The molecule has 0 aromatic carbocycles. The van der Waals surface area contributed by atoms with Gasteiger partial charge < -0.3 is 0 Å². The minimum absolute atomic E-state index is 0. The van der Waals surface area contributed by atoms with E-state index in [9.17, 15) is 0 Å². The Bertz CT molecular complexity index is 61.7. The van der Waals surface area contributed by atoms with Crippen molar-refractivity contribution >= 4 is 0 Å². The second kappa shape index (κ2) is 5.69. The van der Waals surface area contributed by atoms with Gasteiger partial charge in [0.05, 0.1) is 6.10 Å². The third-order valence-electron chi connectivity index (χ3n) is 1.44. The van der Waals surface area contributed by atoms with Crippen molar-refractivity contribution in [3.63, 3.8) is 0 Å². The minimum Gasteiger partial charge on any atom is -0.252 e. The molecule has 0 aliphatic carbocycles. The van der Waals surface area contributed by atoms with Crippen molar-refractivity contribution < 1.29 is 10.1 Å². The number of hydrogen-bond acceptors (Lipinski definition) is 2. The van der Waals surface area contributed by atoms with Crippen molar-refractivity contribution in [2.45, 2.75) is 41.2 Å². The maximum absolute atomic E-state index is 8.37. The third-order valence-corrected chi connectivity index (χ3v) is 1.44. The fraction of sp³-hybridized carbons (Fsp3) is 1.00. The van der Waals surface area contributed by atoms with Crippen LogP contribution in [0.2, 0.25) is 0 Å². The summed E-state index contributed by atoms with van der Waals surface area (Å²) in [4.78, 5) is 4.27. The summed E-state index contributed by atoms with van der Waals surface area (Å²) in [5.74, 6) is 0.769. The van der Waals surface area contributed by atoms with Gasteiger partial charge in [-0.1, -0.05) is 35.1 Å². The Balaban J connectivity index is 0. The van der Waals surface area contributed by atoms with E-state index in [0.29, 0.717) is 11.8 Å². The molecule has 0 fully saturated rings. The number of hydrogen-bond donors (Lipinski definition) is 1. The lowest BCUT2D eigenvalue weighted by molar-refractivity contribution is -0.297. The van der Waals surface area contributed by atoms with Crippen molar-refractivity contribution in [1.82, 2.24) is 0 Å². The fourth-order valence-electron chi connectivity index (χ4n) is 1.01. The summed E-state index contributed by atoms with van der Waals surface area (Å²) in [5, 5.41) is 8.37. The van der Waals surface area contributed by atoms with Gasteiger partial charge in [0.1, 0.15) is 0 Å². The van der Waals surface area contributed by atoms with E-state index in [1.54, 1.807) is 0 Å². The highest BCUT2D eigenvalue weighted by Crippen LogP contribution is 2.14. The van der Waals surface area contributed by atoms with E-state index in [2.05, 4.69) is 4.89 Å². The molecule has 64 valence electrons. The average molecular weight is 148 g/mol. The summed E-state index contributed by atoms with van der Waals surface area (Å²) in [6, 6.07) is 0. The van der Waals surface area contributed by atoms with E-state index in [4.69, 9.17) is 5.26 Å². The van der Waals surface area contributed by atoms with Gasteiger partial charge >= 0.3 is 0 Å². The number of rotatable bonds is 3. The van der Waals surface area contributed by atoms with E-state index in [1.165, 1.54) is 0 Å². The maximum Gasteiger partial charge on any atom is 0.0972 e. The highest BCUT2D eigenvalue weighted by Gasteiger charge is 2.17. The van der Waals surface area contributed by atoms with Crippen LogP contribution in [0.4, 0.5) is 0 Å². The summed E-state index contributed by atoms with van der Waals surface area (Å²) in [6.45, 7) is 8.11. The molecule has 2 heteroatoms. The molecule has 0 spiro atoms. The summed E-state index contributed by atoms with van der Waals surface area (Å²) in [7, 11) is 0. The van der Waals surface area contributed by atoms with E-state index in [1.807, 2.05) is 27.7 Å². The molecule has 0 saturated heterocycles. The molecule has 10 heavy (non-hydrogen) atoms. The molecule has 1 N–H and O–H groups in total. The Hall–Kier alpha value is -0.0800. The van der Waals surface area contributed by atoms with Crippen molar-refractivity contribution in [3.05, 3.63) is 0 Å². The van der Waals surface area contributed by atoms with Crippen molar-refractivity contribution in [1.29, 1.82) is 0 Å². The Kier molecular flexibility index (Phi) is 7.15. The zero-order valence-electron chi connectivity index (χ0n) is 6.59. The Morgan fingerprint density at radius 1 is 1.00 bits per heavy atom. The van der Waals surface area contributed by atoms with Crippen LogP contribution in [0, 0.1) is 11.8 Å². The first-order valence-electron chi connectivity index (χ1n) is 3.39. The molecule has 0 aliphatic heterocycles. The van der Waals surface area contributed by atoms with Crippen molar-refractivity contribution in [2.75, 3.05) is 0 Å². The van der Waals surface area contributed by atoms with Crippen LogP contribution in [0.1, 0.15) is 35.1 Å². The van der Waals surface area contributed by atoms with Crippen LogP contribution in [0.25, 0.3) is 0 Å². The summed E-state index contributed by atoms with van der Waals surface area (Å²) in [6.07, 6.45) is -0.0231. The van der Waals surface area contributed by atoms with Crippen LogP contribution in [0.5, 0.6) is 0 Å². The zero-order chi connectivity index (χ0) is 7.44. The molecule has 0 heterocycles. The van der Waals surface area contributed by atoms with E-state index >= 15 is 0 Å². The molecular weight excluding hydrogens is 128 g/mol. The van der Waals surface area contributed by atoms with Crippen LogP contribution in [-0.2, 0) is 4.89 Å². The lowest BCUT2D eigenvalue weighted by Gasteiger charge is -2.20. The summed E-state index contributed by atoms with van der Waals surface area (Å²) >= 11 is 0. The van der Waals surface area contributed by atoms with Gasteiger partial charge in [-0.05, 0) is 11.8 Å². The SMILES string of the molecule is C.CC(C)C(OO)C(C)C. The highest BCUT2D eigenvalue weighted by atomic mass is 17.1. The molecule has 0 atom stereocenters. The fourth-order valence-corrected chi connectivity index (χ4v) is 1.01. The summed E-state index contributed by atoms with van der Waals surface area (Å²) in [5.41, 5.74) is 0. The molecule has 0 unspecified atom stereocenters. The first kappa shape index (κ1) is 12.6. The molecular formula is C8H20O2. The molecule has 0 saturated carbocycles. The van der Waals surface area contributed by atoms with Crippen molar-refractivity contribution in [2.24, 2.45) is 11.8 Å². The first-order valence-corrected chi connectivity index (χ1v) is 3.39. The quantitative estimate of drug-likeness (QED) is 0.492. The van der Waals surface area contributed by atoms with Gasteiger partial charge in [0.15, 0.2) is 0 Å². The maximum atomic E-state index is 8.37. The second-order valence-corrected chi connectivity index (χ2v) is 3.06. The average Bonchev–Trinajstić information content (AvgIpc) is 1.64. The van der Waals surface area contributed by atoms with Crippen LogP contribution in [-0.4, -0.2) is 11.4 Å². The molecule has 0 amide bonds. The van der Waals surface area contributed by atoms with Crippen LogP contribution >= 0.6 is 0 Å². The summed E-state index contributed by atoms with van der Waals surface area (Å²) < 4.78 is 0. The van der Waals surface area contributed by atoms with Gasteiger partial charge in [0, 0.05) is 0 Å². The van der Waals surface area contributed by atoms with Gasteiger partial charge in [-0.2, -0.15) is 0 Å². The molecule has 0 aliphatic rings. The van der Waals surface area contributed by atoms with Crippen LogP contribution in [0.3, 0.4) is 0 Å². The molecule has 0 rings (SSSR count). The van der Waals surface area contributed by atoms with Crippen LogP contribution in [0.15, 0.2) is 0 Å². The molecule has 0 aromatic heterocycles. The Morgan fingerprint density at radius 2 is 1.30 bits per heavy atom. The highest BCUT2D eigenvalue weighted by molar-refractivity contribution is 4.63. The largest absolute Gasteiger partial charge is 0.252 e. The van der Waals surface area contributed by atoms with Gasteiger partial charge in [-0.15, -0.1) is 0 Å². The van der Waals surface area contributed by atoms with Gasteiger partial charge in [-0.25, -0.2) is 4.89 Å². The van der Waals surface area contributed by atoms with E-state index < -0.39 is 0 Å². The zero-order valence-corrected chi connectivity index (χ0v) is 6.59. The standard InChI is InChI=1S/C7H16O2.CH4/c1-5(2)7(9-8)6(3)4;/h5-8H,1-4H3;1H4. The van der Waals surface area contributed by atoms with Crippen LogP contribution < -0.4 is 0 Å². The third kappa shape index (κ3) is 3.85. The van der Waals surface area contributed by atoms with Gasteiger partial charge in [-0.3, -0.25) is 5.26 Å². The Labute approximate surface area is 64.1 Å². The predicted octanol–water partition coefficient (Wildman–Crippen LogP) is 2.79. The molecule has 0 bridgehead atoms. The molecule has 0 radical (unpaired) electrons. The second-order valence-electron chi connectivity index (χ2n) is 3.06. The smallest absolute Gasteiger partial charge is 0.0972 e. The lowest BCUT2D eigenvalue weighted by Crippen LogP contribution is -2.24. The first-order chi connectivity index (χ1) is 4.09. The van der Waals surface area contributed by atoms with Gasteiger partial charge in [0.2, 0.25) is 0 Å². The topological polar surface area (TPSA) is 29.5 Å². The van der Waals surface area contributed by atoms with Crippen molar-refractivity contribution in [3.8, 4) is 0 Å². The predicted molar refractivity (Wildman–Crippen MR) is 43.9 cm³/mol.